The molecule has 0 saturated carbocycles. The van der Waals surface area contributed by atoms with Gasteiger partial charge >= 0.3 is 0 Å². The lowest BCUT2D eigenvalue weighted by Gasteiger charge is -2.18. The summed E-state index contributed by atoms with van der Waals surface area (Å²) in [6.45, 7) is 4.98. The zero-order chi connectivity index (χ0) is 12.3. The summed E-state index contributed by atoms with van der Waals surface area (Å²) in [6.07, 6.45) is 1.82. The molecule has 0 bridgehead atoms. The van der Waals surface area contributed by atoms with Gasteiger partial charge in [-0.05, 0) is 24.6 Å². The average Bonchev–Trinajstić information content (AvgIpc) is 2.87. The Bertz CT molecular complexity index is 463. The van der Waals surface area contributed by atoms with Crippen LogP contribution in [0.1, 0.15) is 25.5 Å². The van der Waals surface area contributed by atoms with Crippen LogP contribution in [0.15, 0.2) is 36.5 Å². The van der Waals surface area contributed by atoms with E-state index in [1.54, 1.807) is 0 Å². The average molecular weight is 230 g/mol. The molecule has 2 atom stereocenters. The summed E-state index contributed by atoms with van der Waals surface area (Å²) in [6, 6.07) is 10.0. The first kappa shape index (κ1) is 11.8. The van der Waals surface area contributed by atoms with E-state index in [0.29, 0.717) is 18.4 Å². The van der Waals surface area contributed by atoms with Crippen LogP contribution in [0.5, 0.6) is 0 Å². The van der Waals surface area contributed by atoms with Crippen molar-refractivity contribution < 1.29 is 0 Å². The normalized spacial score (nSPS) is 14.5. The molecule has 0 radical (unpaired) electrons. The molecule has 90 valence electrons. The van der Waals surface area contributed by atoms with Gasteiger partial charge in [0, 0.05) is 5.92 Å². The minimum Gasteiger partial charge on any atom is -0.330 e. The summed E-state index contributed by atoms with van der Waals surface area (Å²) in [4.78, 5) is 0. The molecule has 2 rings (SSSR count). The largest absolute Gasteiger partial charge is 0.330 e. The molecule has 4 nitrogen and oxygen atoms in total. The lowest BCUT2D eigenvalue weighted by atomic mass is 9.93. The molecular weight excluding hydrogens is 212 g/mol. The van der Waals surface area contributed by atoms with E-state index in [1.807, 2.05) is 41.2 Å². The fraction of sp³-hybridized carbons (Fsp3) is 0.385. The van der Waals surface area contributed by atoms with Gasteiger partial charge in [-0.1, -0.05) is 37.3 Å². The Morgan fingerprint density at radius 3 is 2.59 bits per heavy atom. The smallest absolute Gasteiger partial charge is 0.0732 e. The number of para-hydroxylation sites is 1. The summed E-state index contributed by atoms with van der Waals surface area (Å²) < 4.78 is 1.89. The van der Waals surface area contributed by atoms with Gasteiger partial charge in [-0.15, -0.1) is 5.10 Å². The van der Waals surface area contributed by atoms with Crippen LogP contribution in [-0.4, -0.2) is 21.5 Å². The number of nitrogens with two attached hydrogens (primary N) is 1. The Labute approximate surface area is 101 Å². The molecule has 2 N–H and O–H groups in total. The molecule has 0 aliphatic carbocycles. The summed E-state index contributed by atoms with van der Waals surface area (Å²) in [5.41, 5.74) is 7.86. The van der Waals surface area contributed by atoms with E-state index >= 15 is 0 Å². The van der Waals surface area contributed by atoms with Crippen molar-refractivity contribution in [1.29, 1.82) is 0 Å². The second-order valence-corrected chi connectivity index (χ2v) is 4.41. The van der Waals surface area contributed by atoms with Crippen LogP contribution in [-0.2, 0) is 0 Å². The predicted molar refractivity (Wildman–Crippen MR) is 68.0 cm³/mol. The molecule has 0 aliphatic heterocycles. The molecule has 1 heterocycles. The van der Waals surface area contributed by atoms with E-state index in [4.69, 9.17) is 5.73 Å². The van der Waals surface area contributed by atoms with Crippen LogP contribution in [0.25, 0.3) is 5.69 Å². The molecule has 0 spiro atoms. The van der Waals surface area contributed by atoms with Crippen molar-refractivity contribution in [3.63, 3.8) is 0 Å². The monoisotopic (exact) mass is 230 g/mol. The highest BCUT2D eigenvalue weighted by Crippen LogP contribution is 2.24. The Hall–Kier alpha value is -1.68. The van der Waals surface area contributed by atoms with Crippen molar-refractivity contribution in [2.24, 2.45) is 11.7 Å². The van der Waals surface area contributed by atoms with E-state index in [-0.39, 0.29) is 0 Å². The van der Waals surface area contributed by atoms with Gasteiger partial charge in [0.2, 0.25) is 0 Å². The van der Waals surface area contributed by atoms with Crippen molar-refractivity contribution in [3.05, 3.63) is 42.2 Å². The van der Waals surface area contributed by atoms with Gasteiger partial charge < -0.3 is 5.73 Å². The SMILES string of the molecule is CC(CN)C(C)c1cnnn1-c1ccccc1. The summed E-state index contributed by atoms with van der Waals surface area (Å²) >= 11 is 0. The zero-order valence-corrected chi connectivity index (χ0v) is 10.2. The minimum atomic E-state index is 0.343. The van der Waals surface area contributed by atoms with Crippen LogP contribution < -0.4 is 5.73 Å². The molecule has 17 heavy (non-hydrogen) atoms. The first-order valence-electron chi connectivity index (χ1n) is 5.90. The Balaban J connectivity index is 2.35. The van der Waals surface area contributed by atoms with E-state index in [9.17, 15) is 0 Å². The van der Waals surface area contributed by atoms with Crippen molar-refractivity contribution in [1.82, 2.24) is 15.0 Å². The standard InChI is InChI=1S/C13H18N4/c1-10(8-14)11(2)13-9-15-16-17(13)12-6-4-3-5-7-12/h3-7,9-11H,8,14H2,1-2H3. The quantitative estimate of drug-likeness (QED) is 0.873. The highest BCUT2D eigenvalue weighted by atomic mass is 15.4. The van der Waals surface area contributed by atoms with E-state index in [2.05, 4.69) is 24.2 Å². The number of benzene rings is 1. The number of rotatable bonds is 4. The third-order valence-electron chi connectivity index (χ3n) is 3.27. The number of nitrogens with zero attached hydrogens (tertiary/aromatic N) is 3. The van der Waals surface area contributed by atoms with Gasteiger partial charge in [-0.3, -0.25) is 0 Å². The van der Waals surface area contributed by atoms with Gasteiger partial charge in [-0.25, -0.2) is 4.68 Å². The van der Waals surface area contributed by atoms with Crippen LogP contribution in [0.3, 0.4) is 0 Å². The molecule has 2 unspecified atom stereocenters. The summed E-state index contributed by atoms with van der Waals surface area (Å²) in [5.74, 6) is 0.756. The highest BCUT2D eigenvalue weighted by Gasteiger charge is 2.18. The van der Waals surface area contributed by atoms with Gasteiger partial charge in [0.1, 0.15) is 0 Å². The fourth-order valence-electron chi connectivity index (χ4n) is 1.82. The lowest BCUT2D eigenvalue weighted by Crippen LogP contribution is -2.19. The first-order chi connectivity index (χ1) is 8.24. The third-order valence-corrected chi connectivity index (χ3v) is 3.27. The maximum Gasteiger partial charge on any atom is 0.0732 e. The van der Waals surface area contributed by atoms with E-state index in [1.165, 1.54) is 0 Å². The fourth-order valence-corrected chi connectivity index (χ4v) is 1.82. The van der Waals surface area contributed by atoms with E-state index < -0.39 is 0 Å². The molecule has 2 aromatic rings. The predicted octanol–water partition coefficient (Wildman–Crippen LogP) is 1.97. The van der Waals surface area contributed by atoms with Crippen LogP contribution in [0.2, 0.25) is 0 Å². The molecular formula is C13H18N4. The second-order valence-electron chi connectivity index (χ2n) is 4.41. The molecule has 1 aromatic heterocycles. The topological polar surface area (TPSA) is 56.7 Å². The first-order valence-corrected chi connectivity index (χ1v) is 5.90. The Morgan fingerprint density at radius 2 is 1.94 bits per heavy atom. The Kier molecular flexibility index (Phi) is 3.54. The number of hydrogen-bond acceptors (Lipinski definition) is 3. The molecule has 0 aliphatic rings. The number of aromatic nitrogens is 3. The van der Waals surface area contributed by atoms with Gasteiger partial charge in [0.15, 0.2) is 0 Å². The second kappa shape index (κ2) is 5.10. The van der Waals surface area contributed by atoms with Crippen LogP contribution >= 0.6 is 0 Å². The highest BCUT2D eigenvalue weighted by molar-refractivity contribution is 5.32. The van der Waals surface area contributed by atoms with E-state index in [0.717, 1.165) is 11.4 Å². The zero-order valence-electron chi connectivity index (χ0n) is 10.2. The van der Waals surface area contributed by atoms with Gasteiger partial charge in [0.25, 0.3) is 0 Å². The summed E-state index contributed by atoms with van der Waals surface area (Å²) in [7, 11) is 0. The molecule has 4 heteroatoms. The van der Waals surface area contributed by atoms with Gasteiger partial charge in [-0.2, -0.15) is 0 Å². The van der Waals surface area contributed by atoms with Crippen molar-refractivity contribution in [2.45, 2.75) is 19.8 Å². The maximum absolute atomic E-state index is 5.72. The van der Waals surface area contributed by atoms with Crippen molar-refractivity contribution in [3.8, 4) is 5.69 Å². The number of hydrogen-bond donors (Lipinski definition) is 1. The third kappa shape index (κ3) is 2.36. The maximum atomic E-state index is 5.72. The van der Waals surface area contributed by atoms with Gasteiger partial charge in [0.05, 0.1) is 17.6 Å². The molecule has 0 saturated heterocycles. The minimum absolute atomic E-state index is 0.343. The molecule has 0 fully saturated rings. The van der Waals surface area contributed by atoms with Crippen LogP contribution in [0, 0.1) is 5.92 Å². The van der Waals surface area contributed by atoms with Crippen molar-refractivity contribution in [2.75, 3.05) is 6.54 Å². The Morgan fingerprint density at radius 1 is 1.24 bits per heavy atom. The summed E-state index contributed by atoms with van der Waals surface area (Å²) in [5, 5.41) is 8.16. The van der Waals surface area contributed by atoms with Crippen LogP contribution in [0.4, 0.5) is 0 Å². The lowest BCUT2D eigenvalue weighted by molar-refractivity contribution is 0.479. The van der Waals surface area contributed by atoms with Crippen molar-refractivity contribution >= 4 is 0 Å². The molecule has 1 aromatic carbocycles. The molecule has 0 amide bonds.